The van der Waals surface area contributed by atoms with E-state index < -0.39 is 0 Å². The van der Waals surface area contributed by atoms with Crippen LogP contribution in [0.1, 0.15) is 46.8 Å². The Morgan fingerprint density at radius 2 is 1.69 bits per heavy atom. The molecule has 1 N–H and O–H groups in total. The summed E-state index contributed by atoms with van der Waals surface area (Å²) in [4.78, 5) is 28.1. The number of carbonyl (C=O) groups excluding carboxylic acids is 1. The quantitative estimate of drug-likeness (QED) is 0.691. The zero-order valence-corrected chi connectivity index (χ0v) is 16.7. The highest BCUT2D eigenvalue weighted by atomic mass is 35.5. The van der Waals surface area contributed by atoms with Gasteiger partial charge in [0.05, 0.1) is 11.6 Å². The predicted octanol–water partition coefficient (Wildman–Crippen LogP) is 4.03. The van der Waals surface area contributed by atoms with Gasteiger partial charge in [-0.15, -0.1) is 0 Å². The minimum absolute atomic E-state index is 0.237. The Bertz CT molecular complexity index is 941. The molecular weight excluding hydrogens is 386 g/mol. The van der Waals surface area contributed by atoms with Crippen molar-refractivity contribution in [1.82, 2.24) is 20.3 Å². The molecule has 3 aromatic rings. The van der Waals surface area contributed by atoms with Gasteiger partial charge in [-0.3, -0.25) is 9.78 Å². The standard InChI is InChI=1S/C22H22ClN5O/c23-19-8-6-16(7-9-19)20(17-5-4-10-24-13-17)27-21(29)18-14-25-22(26-15-18)28-11-2-1-3-12-28/h4-10,13-15,20H,1-3,11-12H2,(H,27,29). The van der Waals surface area contributed by atoms with Gasteiger partial charge in [0.2, 0.25) is 5.95 Å². The van der Waals surface area contributed by atoms with Crippen LogP contribution in [0.2, 0.25) is 5.02 Å². The molecule has 0 saturated carbocycles. The molecule has 1 atom stereocenters. The third-order valence-corrected chi connectivity index (χ3v) is 5.29. The van der Waals surface area contributed by atoms with Gasteiger partial charge in [-0.25, -0.2) is 9.97 Å². The number of piperidine rings is 1. The molecule has 1 unspecified atom stereocenters. The van der Waals surface area contributed by atoms with Crippen LogP contribution in [0.3, 0.4) is 0 Å². The van der Waals surface area contributed by atoms with E-state index in [1.54, 1.807) is 24.8 Å². The van der Waals surface area contributed by atoms with E-state index in [2.05, 4.69) is 25.2 Å². The van der Waals surface area contributed by atoms with Gasteiger partial charge in [-0.2, -0.15) is 0 Å². The van der Waals surface area contributed by atoms with Crippen molar-refractivity contribution in [2.24, 2.45) is 0 Å². The largest absolute Gasteiger partial charge is 0.341 e. The van der Waals surface area contributed by atoms with Crippen molar-refractivity contribution < 1.29 is 4.79 Å². The molecule has 1 fully saturated rings. The van der Waals surface area contributed by atoms with Gasteiger partial charge in [0.25, 0.3) is 5.91 Å². The Morgan fingerprint density at radius 1 is 0.966 bits per heavy atom. The summed E-state index contributed by atoms with van der Waals surface area (Å²) in [5, 5.41) is 3.71. The van der Waals surface area contributed by atoms with Crippen LogP contribution in [0.5, 0.6) is 0 Å². The first-order valence-corrected chi connectivity index (χ1v) is 10.1. The number of anilines is 1. The Morgan fingerprint density at radius 3 is 2.34 bits per heavy atom. The van der Waals surface area contributed by atoms with E-state index in [4.69, 9.17) is 11.6 Å². The summed E-state index contributed by atoms with van der Waals surface area (Å²) in [5.41, 5.74) is 2.23. The highest BCUT2D eigenvalue weighted by molar-refractivity contribution is 6.30. The molecular formula is C22H22ClN5O. The van der Waals surface area contributed by atoms with Crippen LogP contribution < -0.4 is 10.2 Å². The number of rotatable bonds is 5. The van der Waals surface area contributed by atoms with Crippen molar-refractivity contribution in [1.29, 1.82) is 0 Å². The van der Waals surface area contributed by atoms with Gasteiger partial charge in [-0.05, 0) is 48.6 Å². The van der Waals surface area contributed by atoms with Crippen LogP contribution in [0, 0.1) is 0 Å². The van der Waals surface area contributed by atoms with Crippen LogP contribution in [0.4, 0.5) is 5.95 Å². The Kier molecular flexibility index (Phi) is 6.00. The maximum absolute atomic E-state index is 12.9. The molecule has 148 valence electrons. The molecule has 3 heterocycles. The lowest BCUT2D eigenvalue weighted by Gasteiger charge is -2.26. The molecule has 6 nitrogen and oxygen atoms in total. The molecule has 1 amide bonds. The van der Waals surface area contributed by atoms with Gasteiger partial charge in [0.15, 0.2) is 0 Å². The fourth-order valence-corrected chi connectivity index (χ4v) is 3.60. The highest BCUT2D eigenvalue weighted by Crippen LogP contribution is 2.24. The van der Waals surface area contributed by atoms with Crippen molar-refractivity contribution in [3.05, 3.63) is 82.9 Å². The number of nitrogens with one attached hydrogen (secondary N) is 1. The topological polar surface area (TPSA) is 71.0 Å². The zero-order valence-electron chi connectivity index (χ0n) is 16.0. The first-order chi connectivity index (χ1) is 14.2. The number of halogens is 1. The molecule has 0 bridgehead atoms. The van der Waals surface area contributed by atoms with Crippen molar-refractivity contribution in [3.8, 4) is 0 Å². The van der Waals surface area contributed by atoms with E-state index in [1.807, 2.05) is 36.4 Å². The second kappa shape index (κ2) is 9.01. The average molecular weight is 408 g/mol. The Balaban J connectivity index is 1.54. The molecule has 0 spiro atoms. The van der Waals surface area contributed by atoms with Crippen molar-refractivity contribution in [3.63, 3.8) is 0 Å². The fraction of sp³-hybridized carbons (Fsp3) is 0.273. The van der Waals surface area contributed by atoms with E-state index in [0.29, 0.717) is 16.5 Å². The summed E-state index contributed by atoms with van der Waals surface area (Å²) < 4.78 is 0. The molecule has 0 radical (unpaired) electrons. The minimum atomic E-state index is -0.352. The first-order valence-electron chi connectivity index (χ1n) is 9.74. The summed E-state index contributed by atoms with van der Waals surface area (Å²) in [6.07, 6.45) is 10.2. The highest BCUT2D eigenvalue weighted by Gasteiger charge is 2.19. The SMILES string of the molecule is O=C(NC(c1ccc(Cl)cc1)c1cccnc1)c1cnc(N2CCCCC2)nc1. The van der Waals surface area contributed by atoms with E-state index >= 15 is 0 Å². The summed E-state index contributed by atoms with van der Waals surface area (Å²) in [5.74, 6) is 0.446. The van der Waals surface area contributed by atoms with Crippen LogP contribution >= 0.6 is 11.6 Å². The molecule has 0 aliphatic carbocycles. The number of hydrogen-bond acceptors (Lipinski definition) is 5. The Hall–Kier alpha value is -2.99. The van der Waals surface area contributed by atoms with Gasteiger partial charge < -0.3 is 10.2 Å². The maximum atomic E-state index is 12.9. The lowest BCUT2D eigenvalue weighted by atomic mass is 10.00. The maximum Gasteiger partial charge on any atom is 0.255 e. The van der Waals surface area contributed by atoms with Crippen LogP contribution in [-0.4, -0.2) is 33.9 Å². The van der Waals surface area contributed by atoms with Gasteiger partial charge in [0, 0.05) is 42.9 Å². The number of nitrogens with zero attached hydrogens (tertiary/aromatic N) is 4. The zero-order chi connectivity index (χ0) is 20.1. The summed E-state index contributed by atoms with van der Waals surface area (Å²) in [6.45, 7) is 1.93. The monoisotopic (exact) mass is 407 g/mol. The van der Waals surface area contributed by atoms with Gasteiger partial charge in [-0.1, -0.05) is 29.8 Å². The van der Waals surface area contributed by atoms with Crippen LogP contribution in [0.15, 0.2) is 61.2 Å². The molecule has 1 saturated heterocycles. The third kappa shape index (κ3) is 4.71. The van der Waals surface area contributed by atoms with Gasteiger partial charge in [0.1, 0.15) is 0 Å². The number of aromatic nitrogens is 3. The molecule has 29 heavy (non-hydrogen) atoms. The molecule has 4 rings (SSSR count). The summed E-state index contributed by atoms with van der Waals surface area (Å²) in [6, 6.07) is 10.8. The molecule has 2 aromatic heterocycles. The summed E-state index contributed by atoms with van der Waals surface area (Å²) in [7, 11) is 0. The van der Waals surface area contributed by atoms with Crippen LogP contribution in [-0.2, 0) is 0 Å². The van der Waals surface area contributed by atoms with E-state index in [0.717, 1.165) is 37.1 Å². The number of carbonyl (C=O) groups is 1. The lowest BCUT2D eigenvalue weighted by Crippen LogP contribution is -2.32. The minimum Gasteiger partial charge on any atom is -0.341 e. The van der Waals surface area contributed by atoms with Crippen molar-refractivity contribution in [2.45, 2.75) is 25.3 Å². The van der Waals surface area contributed by atoms with Gasteiger partial charge >= 0.3 is 0 Å². The first kappa shape index (κ1) is 19.3. The number of hydrogen-bond donors (Lipinski definition) is 1. The predicted molar refractivity (Wildman–Crippen MR) is 113 cm³/mol. The van der Waals surface area contributed by atoms with Crippen LogP contribution in [0.25, 0.3) is 0 Å². The van der Waals surface area contributed by atoms with E-state index in [1.165, 1.54) is 6.42 Å². The third-order valence-electron chi connectivity index (χ3n) is 5.04. The van der Waals surface area contributed by atoms with Crippen molar-refractivity contribution >= 4 is 23.5 Å². The Labute approximate surface area is 175 Å². The molecule has 1 aliphatic heterocycles. The smallest absolute Gasteiger partial charge is 0.255 e. The van der Waals surface area contributed by atoms with E-state index in [9.17, 15) is 4.79 Å². The number of benzene rings is 1. The fourth-order valence-electron chi connectivity index (χ4n) is 3.47. The average Bonchev–Trinajstić information content (AvgIpc) is 2.79. The van der Waals surface area contributed by atoms with Crippen molar-refractivity contribution in [2.75, 3.05) is 18.0 Å². The molecule has 1 aromatic carbocycles. The number of pyridine rings is 1. The second-order valence-corrected chi connectivity index (χ2v) is 7.50. The molecule has 1 aliphatic rings. The second-order valence-electron chi connectivity index (χ2n) is 7.06. The normalized spacial score (nSPS) is 15.0. The molecule has 7 heteroatoms. The number of amides is 1. The lowest BCUT2D eigenvalue weighted by molar-refractivity contribution is 0.0942. The van der Waals surface area contributed by atoms with E-state index in [-0.39, 0.29) is 11.9 Å². The summed E-state index contributed by atoms with van der Waals surface area (Å²) >= 11 is 6.02.